The van der Waals surface area contributed by atoms with Crippen LogP contribution in [0.25, 0.3) is 6.08 Å². The van der Waals surface area contributed by atoms with Crippen molar-refractivity contribution in [2.75, 3.05) is 30.0 Å². The Balaban J connectivity index is 1.51. The Hall–Kier alpha value is -2.09. The van der Waals surface area contributed by atoms with Crippen LogP contribution in [0.3, 0.4) is 0 Å². The molecule has 2 aromatic rings. The van der Waals surface area contributed by atoms with Gasteiger partial charge in [0.1, 0.15) is 5.67 Å². The predicted octanol–water partition coefficient (Wildman–Crippen LogP) is 3.40. The molecule has 0 saturated heterocycles. The highest BCUT2D eigenvalue weighted by Gasteiger charge is 2.24. The second-order valence-electron chi connectivity index (χ2n) is 5.84. The lowest BCUT2D eigenvalue weighted by Gasteiger charge is -2.20. The molecule has 6 nitrogen and oxygen atoms in total. The van der Waals surface area contributed by atoms with Gasteiger partial charge in [-0.25, -0.2) is 14.4 Å². The summed E-state index contributed by atoms with van der Waals surface area (Å²) in [5.74, 6) is 1.16. The van der Waals surface area contributed by atoms with E-state index in [1.54, 1.807) is 24.2 Å². The van der Waals surface area contributed by atoms with E-state index in [2.05, 4.69) is 25.6 Å². The van der Waals surface area contributed by atoms with Gasteiger partial charge >= 0.3 is 0 Å². The number of nitrogens with one attached hydrogen (secondary N) is 2. The summed E-state index contributed by atoms with van der Waals surface area (Å²) in [6.07, 6.45) is 11.1. The highest BCUT2D eigenvalue weighted by molar-refractivity contribution is 7.98. The number of rotatable bonds is 7. The third-order valence-corrected chi connectivity index (χ3v) is 4.31. The van der Waals surface area contributed by atoms with Gasteiger partial charge in [0.15, 0.2) is 5.76 Å². The first kappa shape index (κ1) is 16.8. The maximum Gasteiger partial charge on any atom is 0.295 e. The van der Waals surface area contributed by atoms with Gasteiger partial charge in [0.25, 0.3) is 6.01 Å². The number of halogens is 1. The van der Waals surface area contributed by atoms with Crippen molar-refractivity contribution in [2.24, 2.45) is 0 Å². The van der Waals surface area contributed by atoms with E-state index in [0.717, 1.165) is 29.2 Å². The van der Waals surface area contributed by atoms with E-state index in [4.69, 9.17) is 4.42 Å². The zero-order valence-corrected chi connectivity index (χ0v) is 14.5. The Labute approximate surface area is 144 Å². The lowest BCUT2D eigenvalue weighted by atomic mass is 10.1. The fourth-order valence-corrected chi connectivity index (χ4v) is 2.57. The van der Waals surface area contributed by atoms with Crippen LogP contribution in [0.15, 0.2) is 27.8 Å². The minimum atomic E-state index is -1.51. The SMILES string of the molecule is CSc1cnc(NCC(C)(F)CNc2nc3c(o2)C=CCC3)nc1. The van der Waals surface area contributed by atoms with Crippen LogP contribution in [-0.4, -0.2) is 40.0 Å². The molecular formula is C16H20FN5OS. The molecule has 1 aliphatic rings. The first-order valence-electron chi connectivity index (χ1n) is 7.75. The first-order valence-corrected chi connectivity index (χ1v) is 8.97. The molecule has 0 saturated carbocycles. The van der Waals surface area contributed by atoms with Gasteiger partial charge in [0.05, 0.1) is 18.8 Å². The van der Waals surface area contributed by atoms with E-state index in [1.807, 2.05) is 18.4 Å². The fourth-order valence-electron chi connectivity index (χ4n) is 2.26. The molecule has 3 rings (SSSR count). The number of aryl methyl sites for hydroxylation is 1. The van der Waals surface area contributed by atoms with Gasteiger partial charge in [-0.05, 0) is 32.1 Å². The Kier molecular flexibility index (Phi) is 5.03. The number of allylic oxidation sites excluding steroid dienone is 1. The second-order valence-corrected chi connectivity index (χ2v) is 6.72. The summed E-state index contributed by atoms with van der Waals surface area (Å²) in [6.45, 7) is 1.66. The maximum absolute atomic E-state index is 14.6. The molecule has 1 aliphatic carbocycles. The van der Waals surface area contributed by atoms with E-state index in [-0.39, 0.29) is 13.1 Å². The van der Waals surface area contributed by atoms with Crippen LogP contribution < -0.4 is 10.6 Å². The number of alkyl halides is 1. The van der Waals surface area contributed by atoms with Crippen molar-refractivity contribution in [2.45, 2.75) is 30.3 Å². The van der Waals surface area contributed by atoms with Gasteiger partial charge in [-0.1, -0.05) is 6.08 Å². The van der Waals surface area contributed by atoms with Gasteiger partial charge in [0.2, 0.25) is 5.95 Å². The summed E-state index contributed by atoms with van der Waals surface area (Å²) in [5, 5.41) is 5.84. The average Bonchev–Trinajstić information content (AvgIpc) is 3.02. The molecule has 8 heteroatoms. The molecule has 0 amide bonds. The van der Waals surface area contributed by atoms with Crippen molar-refractivity contribution in [1.82, 2.24) is 15.0 Å². The number of thioether (sulfide) groups is 1. The highest BCUT2D eigenvalue weighted by atomic mass is 32.2. The Morgan fingerprint density at radius 2 is 2.04 bits per heavy atom. The van der Waals surface area contributed by atoms with E-state index in [1.165, 1.54) is 6.92 Å². The zero-order valence-electron chi connectivity index (χ0n) is 13.7. The molecule has 0 aliphatic heterocycles. The Morgan fingerprint density at radius 1 is 1.29 bits per heavy atom. The minimum absolute atomic E-state index is 0.0754. The molecule has 24 heavy (non-hydrogen) atoms. The van der Waals surface area contributed by atoms with Crippen LogP contribution in [0.4, 0.5) is 16.4 Å². The Morgan fingerprint density at radius 3 is 2.75 bits per heavy atom. The van der Waals surface area contributed by atoms with E-state index in [0.29, 0.717) is 12.0 Å². The molecule has 0 radical (unpaired) electrons. The number of fused-ring (bicyclic) bond motifs is 1. The van der Waals surface area contributed by atoms with Crippen LogP contribution in [-0.2, 0) is 6.42 Å². The van der Waals surface area contributed by atoms with E-state index < -0.39 is 5.67 Å². The van der Waals surface area contributed by atoms with Crippen LogP contribution in [0, 0.1) is 0 Å². The second kappa shape index (κ2) is 7.21. The smallest absolute Gasteiger partial charge is 0.295 e. The summed E-state index contributed by atoms with van der Waals surface area (Å²) >= 11 is 1.56. The molecule has 1 atom stereocenters. The highest BCUT2D eigenvalue weighted by Crippen LogP contribution is 2.23. The van der Waals surface area contributed by atoms with Gasteiger partial charge in [-0.3, -0.25) is 0 Å². The van der Waals surface area contributed by atoms with Gasteiger partial charge in [-0.15, -0.1) is 11.8 Å². The number of hydrogen-bond acceptors (Lipinski definition) is 7. The number of hydrogen-bond donors (Lipinski definition) is 2. The first-order chi connectivity index (χ1) is 11.6. The van der Waals surface area contributed by atoms with Crippen molar-refractivity contribution in [3.63, 3.8) is 0 Å². The molecule has 2 heterocycles. The third kappa shape index (κ3) is 4.25. The number of nitrogens with zero attached hydrogens (tertiary/aromatic N) is 3. The molecule has 0 spiro atoms. The van der Waals surface area contributed by atoms with Crippen LogP contribution in [0.2, 0.25) is 0 Å². The maximum atomic E-state index is 14.6. The molecule has 0 aromatic carbocycles. The van der Waals surface area contributed by atoms with Gasteiger partial charge in [0, 0.05) is 17.3 Å². The summed E-state index contributed by atoms with van der Waals surface area (Å²) in [4.78, 5) is 13.6. The molecule has 2 N–H and O–H groups in total. The van der Waals surface area contributed by atoms with Crippen molar-refractivity contribution in [3.05, 3.63) is 29.9 Å². The third-order valence-electron chi connectivity index (χ3n) is 3.63. The quantitative estimate of drug-likeness (QED) is 0.742. The summed E-state index contributed by atoms with van der Waals surface area (Å²) in [6, 6.07) is 0.357. The topological polar surface area (TPSA) is 75.9 Å². The minimum Gasteiger partial charge on any atom is -0.424 e. The Bertz CT molecular complexity index is 714. The van der Waals surface area contributed by atoms with Gasteiger partial charge in [-0.2, -0.15) is 4.98 Å². The molecule has 1 unspecified atom stereocenters. The number of aromatic nitrogens is 3. The van der Waals surface area contributed by atoms with Crippen LogP contribution in [0.1, 0.15) is 24.8 Å². The van der Waals surface area contributed by atoms with E-state index in [9.17, 15) is 4.39 Å². The van der Waals surface area contributed by atoms with Crippen molar-refractivity contribution < 1.29 is 8.81 Å². The van der Waals surface area contributed by atoms with Crippen molar-refractivity contribution >= 4 is 29.8 Å². The lowest BCUT2D eigenvalue weighted by molar-refractivity contribution is 0.222. The lowest BCUT2D eigenvalue weighted by Crippen LogP contribution is -2.36. The van der Waals surface area contributed by atoms with Crippen molar-refractivity contribution in [1.29, 1.82) is 0 Å². The van der Waals surface area contributed by atoms with Crippen molar-refractivity contribution in [3.8, 4) is 0 Å². The summed E-state index contributed by atoms with van der Waals surface area (Å²) in [5.41, 5.74) is -0.590. The number of anilines is 2. The number of oxazole rings is 1. The monoisotopic (exact) mass is 349 g/mol. The summed E-state index contributed by atoms with van der Waals surface area (Å²) < 4.78 is 20.2. The molecular weight excluding hydrogens is 329 g/mol. The standard InChI is InChI=1S/C16H20FN5OS/c1-16(17,9-20-14-18-7-11(24-2)8-19-14)10-21-15-22-12-5-3-4-6-13(12)23-15/h4,6-8H,3,5,9-10H2,1-2H3,(H,21,22)(H,18,19,20). The molecule has 128 valence electrons. The molecule has 0 fully saturated rings. The van der Waals surface area contributed by atoms with Gasteiger partial charge < -0.3 is 15.1 Å². The fraction of sp³-hybridized carbons (Fsp3) is 0.438. The van der Waals surface area contributed by atoms with E-state index >= 15 is 0 Å². The largest absolute Gasteiger partial charge is 0.424 e. The summed E-state index contributed by atoms with van der Waals surface area (Å²) in [7, 11) is 0. The van der Waals surface area contributed by atoms with Crippen LogP contribution >= 0.6 is 11.8 Å². The molecule has 0 bridgehead atoms. The molecule has 2 aromatic heterocycles. The zero-order chi connectivity index (χ0) is 17.0. The predicted molar refractivity (Wildman–Crippen MR) is 94.2 cm³/mol. The van der Waals surface area contributed by atoms with Crippen LogP contribution in [0.5, 0.6) is 0 Å². The normalized spacial score (nSPS) is 15.6. The average molecular weight is 349 g/mol.